The van der Waals surface area contributed by atoms with Gasteiger partial charge < -0.3 is 5.32 Å². The maximum atomic E-state index is 13.1. The molecule has 0 radical (unpaired) electrons. The number of nitrogens with zero attached hydrogens (tertiary/aromatic N) is 3. The largest absolute Gasteiger partial charge is 0.310 e. The Labute approximate surface area is 124 Å². The fourth-order valence-electron chi connectivity index (χ4n) is 2.85. The Morgan fingerprint density at radius 3 is 2.71 bits per heavy atom. The van der Waals surface area contributed by atoms with Crippen LogP contribution in [0.4, 0.5) is 4.39 Å². The molecule has 1 N–H and O–H groups in total. The number of benzene rings is 1. The van der Waals surface area contributed by atoms with Gasteiger partial charge in [-0.15, -0.1) is 0 Å². The molecule has 1 aliphatic rings. The third kappa shape index (κ3) is 3.67. The van der Waals surface area contributed by atoms with Crippen LogP contribution >= 0.6 is 0 Å². The second kappa shape index (κ2) is 6.80. The van der Waals surface area contributed by atoms with E-state index in [2.05, 4.69) is 15.4 Å². The van der Waals surface area contributed by atoms with E-state index in [1.54, 1.807) is 24.8 Å². The second-order valence-electron chi connectivity index (χ2n) is 5.69. The quantitative estimate of drug-likeness (QED) is 0.797. The van der Waals surface area contributed by atoms with Crippen LogP contribution in [0.15, 0.2) is 36.9 Å². The van der Waals surface area contributed by atoms with Crippen LogP contribution in [0.3, 0.4) is 0 Å². The zero-order valence-electron chi connectivity index (χ0n) is 12.1. The van der Waals surface area contributed by atoms with Crippen molar-refractivity contribution in [2.24, 2.45) is 5.92 Å². The van der Waals surface area contributed by atoms with Crippen molar-refractivity contribution in [3.63, 3.8) is 0 Å². The number of aryl methyl sites for hydroxylation is 1. The molecule has 0 amide bonds. The highest BCUT2D eigenvalue weighted by molar-refractivity contribution is 5.21. The predicted molar refractivity (Wildman–Crippen MR) is 79.1 cm³/mol. The number of aromatic nitrogens is 3. The van der Waals surface area contributed by atoms with Crippen LogP contribution < -0.4 is 5.32 Å². The van der Waals surface area contributed by atoms with Crippen LogP contribution in [0.25, 0.3) is 0 Å². The molecule has 3 rings (SSSR count). The van der Waals surface area contributed by atoms with Crippen LogP contribution in [-0.2, 0) is 6.54 Å². The van der Waals surface area contributed by atoms with Gasteiger partial charge in [-0.1, -0.05) is 18.6 Å². The second-order valence-corrected chi connectivity index (χ2v) is 5.69. The Hall–Kier alpha value is -1.75. The first kappa shape index (κ1) is 14.2. The molecule has 1 heterocycles. The first-order valence-corrected chi connectivity index (χ1v) is 7.64. The van der Waals surface area contributed by atoms with Crippen molar-refractivity contribution in [3.05, 3.63) is 48.3 Å². The normalized spacial score (nSPS) is 16.6. The van der Waals surface area contributed by atoms with Gasteiger partial charge in [0.1, 0.15) is 18.5 Å². The molecular formula is C16H21FN4. The summed E-state index contributed by atoms with van der Waals surface area (Å²) in [6.45, 7) is 1.80. The van der Waals surface area contributed by atoms with E-state index in [-0.39, 0.29) is 5.82 Å². The Bertz CT molecular complexity index is 534. The molecule has 1 atom stereocenters. The number of halogens is 1. The molecule has 21 heavy (non-hydrogen) atoms. The zero-order valence-corrected chi connectivity index (χ0v) is 12.1. The Balaban J connectivity index is 1.54. The van der Waals surface area contributed by atoms with E-state index in [0.29, 0.717) is 12.0 Å². The maximum Gasteiger partial charge on any atom is 0.137 e. The van der Waals surface area contributed by atoms with Gasteiger partial charge in [0, 0.05) is 12.6 Å². The van der Waals surface area contributed by atoms with E-state index in [1.807, 2.05) is 16.8 Å². The number of rotatable bonds is 7. The molecule has 1 fully saturated rings. The number of hydrogen-bond donors (Lipinski definition) is 1. The average molecular weight is 288 g/mol. The van der Waals surface area contributed by atoms with Crippen molar-refractivity contribution in [2.45, 2.75) is 38.3 Å². The van der Waals surface area contributed by atoms with Gasteiger partial charge in [-0.25, -0.2) is 9.37 Å². The summed E-state index contributed by atoms with van der Waals surface area (Å²) in [5.74, 6) is 0.513. The van der Waals surface area contributed by atoms with Crippen LogP contribution in [-0.4, -0.2) is 21.3 Å². The fourth-order valence-corrected chi connectivity index (χ4v) is 2.85. The molecule has 0 saturated heterocycles. The van der Waals surface area contributed by atoms with Gasteiger partial charge in [0.2, 0.25) is 0 Å². The highest BCUT2D eigenvalue weighted by Crippen LogP contribution is 2.37. The van der Waals surface area contributed by atoms with E-state index in [9.17, 15) is 4.39 Å². The lowest BCUT2D eigenvalue weighted by molar-refractivity contribution is 0.229. The van der Waals surface area contributed by atoms with Gasteiger partial charge in [0.15, 0.2) is 0 Å². The summed E-state index contributed by atoms with van der Waals surface area (Å²) in [4.78, 5) is 3.94. The summed E-state index contributed by atoms with van der Waals surface area (Å²) in [5.41, 5.74) is 1.20. The Morgan fingerprint density at radius 2 is 2.10 bits per heavy atom. The third-order valence-electron chi connectivity index (χ3n) is 4.25. The molecule has 0 aliphatic heterocycles. The predicted octanol–water partition coefficient (Wildman–Crippen LogP) is 2.94. The van der Waals surface area contributed by atoms with Gasteiger partial charge in [0.05, 0.1) is 0 Å². The summed E-state index contributed by atoms with van der Waals surface area (Å²) >= 11 is 0. The molecule has 1 aromatic carbocycles. The lowest BCUT2D eigenvalue weighted by Crippen LogP contribution is -2.33. The van der Waals surface area contributed by atoms with Crippen LogP contribution in [0, 0.1) is 11.7 Å². The molecule has 1 saturated carbocycles. The summed E-state index contributed by atoms with van der Waals surface area (Å²) in [6.07, 6.45) is 8.14. The molecule has 0 bridgehead atoms. The Morgan fingerprint density at radius 1 is 1.29 bits per heavy atom. The molecule has 1 aromatic heterocycles. The summed E-state index contributed by atoms with van der Waals surface area (Å²) in [5, 5.41) is 7.74. The smallest absolute Gasteiger partial charge is 0.137 e. The van der Waals surface area contributed by atoms with Crippen LogP contribution in [0.1, 0.15) is 37.3 Å². The van der Waals surface area contributed by atoms with Crippen molar-refractivity contribution >= 4 is 0 Å². The Kier molecular flexibility index (Phi) is 4.60. The minimum Gasteiger partial charge on any atom is -0.310 e. The molecule has 1 unspecified atom stereocenters. The van der Waals surface area contributed by atoms with Gasteiger partial charge in [-0.2, -0.15) is 5.10 Å². The minimum absolute atomic E-state index is 0.169. The molecule has 4 nitrogen and oxygen atoms in total. The van der Waals surface area contributed by atoms with Crippen LogP contribution in [0.2, 0.25) is 0 Å². The minimum atomic E-state index is -0.169. The van der Waals surface area contributed by atoms with Gasteiger partial charge in [-0.05, 0) is 49.4 Å². The maximum absolute atomic E-state index is 13.1. The SMILES string of the molecule is Fc1ccc(C(NCCCn2cncn2)C2CCC2)cc1. The molecule has 0 spiro atoms. The van der Waals surface area contributed by atoms with E-state index in [4.69, 9.17) is 0 Å². The lowest BCUT2D eigenvalue weighted by atomic mass is 9.77. The first-order chi connectivity index (χ1) is 10.3. The summed E-state index contributed by atoms with van der Waals surface area (Å²) < 4.78 is 14.9. The topological polar surface area (TPSA) is 42.7 Å². The van der Waals surface area contributed by atoms with Crippen LogP contribution in [0.5, 0.6) is 0 Å². The van der Waals surface area contributed by atoms with Crippen molar-refractivity contribution in [3.8, 4) is 0 Å². The summed E-state index contributed by atoms with van der Waals surface area (Å²) in [6, 6.07) is 7.26. The first-order valence-electron chi connectivity index (χ1n) is 7.64. The highest BCUT2D eigenvalue weighted by Gasteiger charge is 2.27. The monoisotopic (exact) mass is 288 g/mol. The third-order valence-corrected chi connectivity index (χ3v) is 4.25. The van der Waals surface area contributed by atoms with Gasteiger partial charge in [0.25, 0.3) is 0 Å². The van der Waals surface area contributed by atoms with E-state index < -0.39 is 0 Å². The molecular weight excluding hydrogens is 267 g/mol. The van der Waals surface area contributed by atoms with Crippen molar-refractivity contribution in [1.82, 2.24) is 20.1 Å². The molecule has 5 heteroatoms. The number of hydrogen-bond acceptors (Lipinski definition) is 3. The van der Waals surface area contributed by atoms with Crippen molar-refractivity contribution in [2.75, 3.05) is 6.54 Å². The van der Waals surface area contributed by atoms with E-state index >= 15 is 0 Å². The highest BCUT2D eigenvalue weighted by atomic mass is 19.1. The van der Waals surface area contributed by atoms with Crippen molar-refractivity contribution < 1.29 is 4.39 Å². The van der Waals surface area contributed by atoms with E-state index in [1.165, 1.54) is 24.8 Å². The zero-order chi connectivity index (χ0) is 14.5. The van der Waals surface area contributed by atoms with Gasteiger partial charge >= 0.3 is 0 Å². The van der Waals surface area contributed by atoms with Gasteiger partial charge in [-0.3, -0.25) is 4.68 Å². The number of nitrogens with one attached hydrogen (secondary N) is 1. The van der Waals surface area contributed by atoms with E-state index in [0.717, 1.165) is 19.5 Å². The van der Waals surface area contributed by atoms with Crippen molar-refractivity contribution in [1.29, 1.82) is 0 Å². The molecule has 2 aromatic rings. The summed E-state index contributed by atoms with van der Waals surface area (Å²) in [7, 11) is 0. The standard InChI is InChI=1S/C16H21FN4/c17-15-7-5-14(6-8-15)16(13-3-1-4-13)19-9-2-10-21-12-18-11-20-21/h5-8,11-13,16,19H,1-4,9-10H2. The average Bonchev–Trinajstić information content (AvgIpc) is 2.94. The fraction of sp³-hybridized carbons (Fsp3) is 0.500. The molecule has 1 aliphatic carbocycles. The molecule has 112 valence electrons. The lowest BCUT2D eigenvalue weighted by Gasteiger charge is -2.35.